The Hall–Kier alpha value is -7.62. The quantitative estimate of drug-likeness (QED) is 0.0769. The minimum Gasteiger partial charge on any atom is -0.716 e. The zero-order valence-corrected chi connectivity index (χ0v) is 40.2. The molecular formula is C38H20O30S6-6. The molecule has 0 amide bonds. The summed E-state index contributed by atoms with van der Waals surface area (Å²) in [6, 6.07) is 15.4. The smallest absolute Gasteiger partial charge is 0.262 e. The summed E-state index contributed by atoms with van der Waals surface area (Å²) in [6.07, 6.45) is 0. The number of hydrogen-bond acceptors (Lipinski definition) is 30. The lowest BCUT2D eigenvalue weighted by molar-refractivity contribution is 0.304. The standard InChI is InChI=1S/C38H26O30S6/c39-26-16-28(21-5-8-23(9-6-21)63-69(41,42)43)61-32-14-24(64-70(44,45)46)12-30(34(26)32)59-17-19-1-3-20(4-2-19)18-60-31-13-25(65-71(47,48)49)15-33-35(31)36(40)38(68-74(56,57)58)37(62-33)22-7-10-27(66-72(50,51)52)29(11-22)67-73(53,54)55/h1-16H,17-18H2,(H,41,42,43)(H,44,45,46)(H,47,48,49)(H,50,51,52)(H,53,54,55)(H,56,57,58)/p-6. The van der Waals surface area contributed by atoms with E-state index in [9.17, 15) is 87.4 Å². The molecule has 5 aromatic carbocycles. The van der Waals surface area contributed by atoms with E-state index in [-0.39, 0.29) is 39.4 Å². The summed E-state index contributed by atoms with van der Waals surface area (Å²) >= 11 is 0. The van der Waals surface area contributed by atoms with Gasteiger partial charge in [0, 0.05) is 41.5 Å². The summed E-state index contributed by atoms with van der Waals surface area (Å²) in [6.45, 7) is -1.01. The van der Waals surface area contributed by atoms with Crippen molar-refractivity contribution in [3.8, 4) is 68.6 Å². The van der Waals surface area contributed by atoms with E-state index in [4.69, 9.17) is 18.3 Å². The molecule has 394 valence electrons. The Kier molecular flexibility index (Phi) is 14.6. The molecule has 7 aromatic rings. The molecular weight excluding hydrogens is 1130 g/mol. The van der Waals surface area contributed by atoms with E-state index in [1.54, 1.807) is 0 Å². The highest BCUT2D eigenvalue weighted by Gasteiger charge is 2.26. The van der Waals surface area contributed by atoms with Crippen LogP contribution in [-0.4, -0.2) is 77.8 Å². The van der Waals surface area contributed by atoms with Gasteiger partial charge in [0.05, 0.1) is 0 Å². The summed E-state index contributed by atoms with van der Waals surface area (Å²) in [5, 5.41) is -1.15. The van der Waals surface area contributed by atoms with Crippen LogP contribution in [0.5, 0.6) is 46.0 Å². The minimum absolute atomic E-state index is 0.131. The van der Waals surface area contributed by atoms with E-state index in [1.807, 2.05) is 0 Å². The fraction of sp³-hybridized carbons (Fsp3) is 0.0526. The van der Waals surface area contributed by atoms with E-state index in [0.717, 1.165) is 30.3 Å². The third-order valence-corrected chi connectivity index (χ3v) is 11.3. The Bertz CT molecular complexity index is 4210. The van der Waals surface area contributed by atoms with Crippen LogP contribution < -0.4 is 45.4 Å². The van der Waals surface area contributed by atoms with Crippen LogP contribution in [0, 0.1) is 0 Å². The van der Waals surface area contributed by atoms with Gasteiger partial charge in [-0.3, -0.25) is 9.59 Å². The maximum Gasteiger partial charge on any atom is 0.262 e. The first-order chi connectivity index (χ1) is 34.1. The van der Waals surface area contributed by atoms with Crippen molar-refractivity contribution in [1.29, 1.82) is 0 Å². The van der Waals surface area contributed by atoms with Crippen LogP contribution in [0.2, 0.25) is 0 Å². The van der Waals surface area contributed by atoms with Crippen molar-refractivity contribution in [3.05, 3.63) is 129 Å². The molecule has 36 heteroatoms. The molecule has 7 rings (SSSR count). The fourth-order valence-corrected chi connectivity index (χ4v) is 8.46. The average Bonchev–Trinajstić information content (AvgIpc) is 3.23. The van der Waals surface area contributed by atoms with Gasteiger partial charge in [-0.25, -0.2) is 50.5 Å². The van der Waals surface area contributed by atoms with Gasteiger partial charge in [-0.05, 0) is 53.6 Å². The molecule has 0 saturated heterocycles. The van der Waals surface area contributed by atoms with Gasteiger partial charge in [0.2, 0.25) is 11.2 Å². The zero-order chi connectivity index (χ0) is 54.3. The first kappa shape index (κ1) is 54.2. The zero-order valence-electron chi connectivity index (χ0n) is 35.3. The third kappa shape index (κ3) is 14.5. The van der Waals surface area contributed by atoms with Crippen LogP contribution >= 0.6 is 0 Å². The second-order valence-corrected chi connectivity index (χ2v) is 20.1. The molecule has 2 aromatic heterocycles. The number of rotatable bonds is 20. The van der Waals surface area contributed by atoms with E-state index in [0.29, 0.717) is 35.9 Å². The van der Waals surface area contributed by atoms with Crippen LogP contribution in [0.25, 0.3) is 44.6 Å². The Morgan fingerprint density at radius 3 is 1.31 bits per heavy atom. The van der Waals surface area contributed by atoms with Gasteiger partial charge in [-0.2, -0.15) is 0 Å². The predicted octanol–water partition coefficient (Wildman–Crippen LogP) is 1.43. The highest BCUT2D eigenvalue weighted by Crippen LogP contribution is 2.41. The Morgan fingerprint density at radius 1 is 0.392 bits per heavy atom. The number of hydrogen-bond donors (Lipinski definition) is 0. The summed E-state index contributed by atoms with van der Waals surface area (Å²) in [5.74, 6) is -8.64. The van der Waals surface area contributed by atoms with Gasteiger partial charge >= 0.3 is 0 Å². The largest absolute Gasteiger partial charge is 0.716 e. The molecule has 0 saturated carbocycles. The van der Waals surface area contributed by atoms with Gasteiger partial charge < -0.3 is 70.7 Å². The van der Waals surface area contributed by atoms with E-state index in [1.165, 1.54) is 36.4 Å². The number of ether oxygens (including phenoxy) is 2. The van der Waals surface area contributed by atoms with Crippen molar-refractivity contribution in [3.63, 3.8) is 0 Å². The van der Waals surface area contributed by atoms with Crippen LogP contribution in [0.15, 0.2) is 115 Å². The highest BCUT2D eigenvalue weighted by molar-refractivity contribution is 7.82. The molecule has 74 heavy (non-hydrogen) atoms. The molecule has 0 N–H and O–H groups in total. The van der Waals surface area contributed by atoms with E-state index >= 15 is 0 Å². The second-order valence-electron chi connectivity index (χ2n) is 14.2. The van der Waals surface area contributed by atoms with Crippen molar-refractivity contribution in [2.45, 2.75) is 13.2 Å². The Balaban J connectivity index is 1.21. The first-order valence-electron chi connectivity index (χ1n) is 18.9. The van der Waals surface area contributed by atoms with Crippen molar-refractivity contribution in [2.75, 3.05) is 0 Å². The van der Waals surface area contributed by atoms with Crippen LogP contribution in [0.3, 0.4) is 0 Å². The normalized spacial score (nSPS) is 12.5. The Labute approximate surface area is 414 Å². The fourth-order valence-electron chi connectivity index (χ4n) is 6.39. The second kappa shape index (κ2) is 20.0. The van der Waals surface area contributed by atoms with Gasteiger partial charge in [0.15, 0.2) is 22.7 Å². The van der Waals surface area contributed by atoms with Crippen molar-refractivity contribution < 1.29 is 121 Å². The van der Waals surface area contributed by atoms with E-state index < -0.39 is 143 Å². The van der Waals surface area contributed by atoms with Gasteiger partial charge in [-0.1, -0.05) is 24.3 Å². The molecule has 0 aliphatic rings. The lowest BCUT2D eigenvalue weighted by Crippen LogP contribution is -2.17. The molecule has 0 radical (unpaired) electrons. The molecule has 0 atom stereocenters. The average molecular weight is 1150 g/mol. The maximum absolute atomic E-state index is 14.0. The predicted molar refractivity (Wildman–Crippen MR) is 233 cm³/mol. The van der Waals surface area contributed by atoms with E-state index in [2.05, 4.69) is 25.1 Å². The molecule has 0 aliphatic heterocycles. The molecule has 0 bridgehead atoms. The summed E-state index contributed by atoms with van der Waals surface area (Å²) < 4.78 is 254. The monoisotopic (exact) mass is 1150 g/mol. The molecule has 0 spiro atoms. The Morgan fingerprint density at radius 2 is 0.824 bits per heavy atom. The maximum atomic E-state index is 14.0. The number of benzene rings is 5. The van der Waals surface area contributed by atoms with Crippen molar-refractivity contribution in [1.82, 2.24) is 0 Å². The summed E-state index contributed by atoms with van der Waals surface area (Å²) in [7, 11) is -33.6. The summed E-state index contributed by atoms with van der Waals surface area (Å²) in [4.78, 5) is 27.5. The molecule has 30 nitrogen and oxygen atoms in total. The van der Waals surface area contributed by atoms with Crippen LogP contribution in [-0.2, 0) is 75.6 Å². The third-order valence-electron chi connectivity index (χ3n) is 8.98. The molecule has 0 unspecified atom stereocenters. The van der Waals surface area contributed by atoms with Gasteiger partial charge in [0.25, 0.3) is 62.4 Å². The lowest BCUT2D eigenvalue weighted by Gasteiger charge is -2.18. The molecule has 0 aliphatic carbocycles. The lowest BCUT2D eigenvalue weighted by atomic mass is 10.1. The van der Waals surface area contributed by atoms with Crippen LogP contribution in [0.4, 0.5) is 0 Å². The molecule has 2 heterocycles. The van der Waals surface area contributed by atoms with Crippen LogP contribution in [0.1, 0.15) is 11.1 Å². The van der Waals surface area contributed by atoms with Gasteiger partial charge in [0.1, 0.15) is 69.7 Å². The van der Waals surface area contributed by atoms with Gasteiger partial charge in [-0.15, -0.1) is 0 Å². The van der Waals surface area contributed by atoms with Crippen molar-refractivity contribution >= 4 is 84.3 Å². The minimum atomic E-state index is -5.95. The topological polar surface area (TPSA) is 477 Å². The summed E-state index contributed by atoms with van der Waals surface area (Å²) in [5.41, 5.74) is -3.78. The molecule has 0 fully saturated rings. The number of fused-ring (bicyclic) bond motifs is 2. The van der Waals surface area contributed by atoms with Crippen molar-refractivity contribution in [2.24, 2.45) is 0 Å². The first-order valence-corrected chi connectivity index (χ1v) is 26.9. The highest BCUT2D eigenvalue weighted by atomic mass is 32.3. The SMILES string of the molecule is O=c1cc(-c2ccc(OS(=O)(=O)[O-])cc2)oc2cc(OS(=O)(=O)[O-])cc(OCc3ccc(COc4cc(OS(=O)(=O)[O-])cc5oc(-c6ccc(OS(=O)(=O)[O-])c(OS(=O)(=O)[O-])c6)c(OS(=O)(=O)[O-])c(=O)c45)cc3)c12.